The third-order valence-electron chi connectivity index (χ3n) is 3.29. The van der Waals surface area contributed by atoms with Crippen LogP contribution in [-0.4, -0.2) is 19.9 Å². The van der Waals surface area contributed by atoms with Crippen LogP contribution in [-0.2, 0) is 16.4 Å². The van der Waals surface area contributed by atoms with Crippen LogP contribution < -0.4 is 10.5 Å². The minimum Gasteiger partial charge on any atom is -0.398 e. The molecule has 2 rings (SSSR count). The molecular formula is C15H19N3O2S. The van der Waals surface area contributed by atoms with Gasteiger partial charge in [0.2, 0.25) is 10.0 Å². The Morgan fingerprint density at radius 1 is 1.19 bits per heavy atom. The first kappa shape index (κ1) is 15.5. The fourth-order valence-electron chi connectivity index (χ4n) is 2.09. The maximum Gasteiger partial charge on any atom is 0.240 e. The molecule has 0 aliphatic heterocycles. The maximum atomic E-state index is 12.4. The van der Waals surface area contributed by atoms with Gasteiger partial charge in [0, 0.05) is 24.6 Å². The molecule has 21 heavy (non-hydrogen) atoms. The molecule has 6 heteroatoms. The van der Waals surface area contributed by atoms with E-state index >= 15 is 0 Å². The lowest BCUT2D eigenvalue weighted by atomic mass is 10.1. The Morgan fingerprint density at radius 2 is 1.86 bits per heavy atom. The second-order valence-corrected chi connectivity index (χ2v) is 6.72. The highest BCUT2D eigenvalue weighted by Gasteiger charge is 2.18. The van der Waals surface area contributed by atoms with Crippen molar-refractivity contribution >= 4 is 15.7 Å². The number of nitrogens with zero attached hydrogens (tertiary/aromatic N) is 1. The van der Waals surface area contributed by atoms with Crippen molar-refractivity contribution in [2.75, 3.05) is 12.3 Å². The van der Waals surface area contributed by atoms with Crippen LogP contribution in [0.2, 0.25) is 0 Å². The molecule has 0 bridgehead atoms. The molecule has 0 aliphatic rings. The van der Waals surface area contributed by atoms with E-state index in [1.54, 1.807) is 31.5 Å². The van der Waals surface area contributed by atoms with Crippen LogP contribution in [0, 0.1) is 13.8 Å². The van der Waals surface area contributed by atoms with Crippen LogP contribution in [0.5, 0.6) is 0 Å². The van der Waals surface area contributed by atoms with Crippen LogP contribution in [0.3, 0.4) is 0 Å². The highest BCUT2D eigenvalue weighted by molar-refractivity contribution is 7.89. The largest absolute Gasteiger partial charge is 0.398 e. The third-order valence-corrected chi connectivity index (χ3v) is 4.88. The van der Waals surface area contributed by atoms with Crippen molar-refractivity contribution in [2.45, 2.75) is 25.2 Å². The van der Waals surface area contributed by atoms with Gasteiger partial charge >= 0.3 is 0 Å². The molecule has 0 spiro atoms. The van der Waals surface area contributed by atoms with Gasteiger partial charge in [-0.2, -0.15) is 0 Å². The summed E-state index contributed by atoms with van der Waals surface area (Å²) in [4.78, 5) is 4.17. The summed E-state index contributed by atoms with van der Waals surface area (Å²) in [6.45, 7) is 3.87. The smallest absolute Gasteiger partial charge is 0.240 e. The zero-order valence-corrected chi connectivity index (χ0v) is 12.9. The Labute approximate surface area is 125 Å². The van der Waals surface area contributed by atoms with Gasteiger partial charge in [-0.3, -0.25) is 4.98 Å². The second kappa shape index (κ2) is 6.24. The van der Waals surface area contributed by atoms with E-state index in [2.05, 4.69) is 9.71 Å². The van der Waals surface area contributed by atoms with E-state index in [0.717, 1.165) is 11.1 Å². The van der Waals surface area contributed by atoms with Crippen molar-refractivity contribution in [1.82, 2.24) is 9.71 Å². The zero-order valence-electron chi connectivity index (χ0n) is 12.1. The van der Waals surface area contributed by atoms with E-state index in [-0.39, 0.29) is 4.90 Å². The van der Waals surface area contributed by atoms with Crippen molar-refractivity contribution in [3.63, 3.8) is 0 Å². The van der Waals surface area contributed by atoms with Gasteiger partial charge in [0.15, 0.2) is 0 Å². The molecule has 1 aromatic heterocycles. The molecule has 0 radical (unpaired) electrons. The minimum atomic E-state index is -3.55. The van der Waals surface area contributed by atoms with Gasteiger partial charge in [-0.15, -0.1) is 0 Å². The van der Waals surface area contributed by atoms with Gasteiger partial charge in [0.25, 0.3) is 0 Å². The third kappa shape index (κ3) is 3.80. The molecule has 0 saturated carbocycles. The maximum absolute atomic E-state index is 12.4. The van der Waals surface area contributed by atoms with Crippen LogP contribution in [0.25, 0.3) is 0 Å². The van der Waals surface area contributed by atoms with Crippen molar-refractivity contribution in [3.05, 3.63) is 53.3 Å². The summed E-state index contributed by atoms with van der Waals surface area (Å²) in [6, 6.07) is 7.14. The lowest BCUT2D eigenvalue weighted by Crippen LogP contribution is -2.27. The number of hydrogen-bond acceptors (Lipinski definition) is 4. The molecule has 0 unspecified atom stereocenters. The number of sulfonamides is 1. The van der Waals surface area contributed by atoms with Crippen LogP contribution >= 0.6 is 0 Å². The van der Waals surface area contributed by atoms with Crippen molar-refractivity contribution in [2.24, 2.45) is 0 Å². The molecule has 0 fully saturated rings. The van der Waals surface area contributed by atoms with Gasteiger partial charge in [-0.25, -0.2) is 13.1 Å². The van der Waals surface area contributed by atoms with Gasteiger partial charge in [-0.1, -0.05) is 0 Å². The predicted molar refractivity (Wildman–Crippen MR) is 83.5 cm³/mol. The molecule has 1 heterocycles. The van der Waals surface area contributed by atoms with Gasteiger partial charge in [-0.05, 0) is 61.2 Å². The monoisotopic (exact) mass is 305 g/mol. The van der Waals surface area contributed by atoms with Crippen LogP contribution in [0.1, 0.15) is 16.7 Å². The van der Waals surface area contributed by atoms with E-state index in [1.165, 1.54) is 0 Å². The Morgan fingerprint density at radius 3 is 2.52 bits per heavy atom. The number of hydrogen-bond donors (Lipinski definition) is 2. The topological polar surface area (TPSA) is 85.1 Å². The summed E-state index contributed by atoms with van der Waals surface area (Å²) in [6.07, 6.45) is 3.99. The fourth-order valence-corrected chi connectivity index (χ4v) is 3.48. The van der Waals surface area contributed by atoms with Gasteiger partial charge in [0.05, 0.1) is 4.90 Å². The molecule has 0 saturated heterocycles. The molecule has 0 amide bonds. The molecule has 0 atom stereocenters. The number of pyridine rings is 1. The Hall–Kier alpha value is -1.92. The molecular weight excluding hydrogens is 286 g/mol. The van der Waals surface area contributed by atoms with Crippen molar-refractivity contribution in [1.29, 1.82) is 0 Å². The minimum absolute atomic E-state index is 0.245. The zero-order chi connectivity index (χ0) is 15.5. The Balaban J connectivity index is 2.12. The first-order valence-electron chi connectivity index (χ1n) is 6.65. The van der Waals surface area contributed by atoms with Gasteiger partial charge in [0.1, 0.15) is 0 Å². The van der Waals surface area contributed by atoms with E-state index < -0.39 is 10.0 Å². The average molecular weight is 305 g/mol. The Kier molecular flexibility index (Phi) is 4.59. The summed E-state index contributed by atoms with van der Waals surface area (Å²) in [5.74, 6) is 0. The van der Waals surface area contributed by atoms with E-state index in [1.807, 2.05) is 19.1 Å². The number of rotatable bonds is 5. The number of nitrogens with one attached hydrogen (secondary N) is 1. The van der Waals surface area contributed by atoms with Crippen molar-refractivity contribution in [3.8, 4) is 0 Å². The normalized spacial score (nSPS) is 11.5. The van der Waals surface area contributed by atoms with E-state index in [4.69, 9.17) is 5.73 Å². The molecule has 2 aromatic rings. The highest BCUT2D eigenvalue weighted by Crippen LogP contribution is 2.22. The lowest BCUT2D eigenvalue weighted by Gasteiger charge is -2.12. The predicted octanol–water partition coefficient (Wildman–Crippen LogP) is 1.80. The molecule has 0 aliphatic carbocycles. The summed E-state index contributed by atoms with van der Waals surface area (Å²) < 4.78 is 27.4. The standard InChI is InChI=1S/C15H19N3O2S/c1-11-9-14(16)12(2)15(10-11)21(19,20)18-8-5-13-3-6-17-7-4-13/h3-4,6-7,9-10,18H,5,8,16H2,1-2H3. The molecule has 1 aromatic carbocycles. The van der Waals surface area contributed by atoms with Crippen LogP contribution in [0.4, 0.5) is 5.69 Å². The first-order chi connectivity index (χ1) is 9.90. The van der Waals surface area contributed by atoms with E-state index in [0.29, 0.717) is 24.2 Å². The first-order valence-corrected chi connectivity index (χ1v) is 8.14. The summed E-state index contributed by atoms with van der Waals surface area (Å²) in [5.41, 5.74) is 8.77. The summed E-state index contributed by atoms with van der Waals surface area (Å²) in [5, 5.41) is 0. The average Bonchev–Trinajstić information content (AvgIpc) is 2.43. The number of nitrogens with two attached hydrogens (primary N) is 1. The Bertz CT molecular complexity index is 728. The number of benzene rings is 1. The lowest BCUT2D eigenvalue weighted by molar-refractivity contribution is 0.581. The number of aromatic nitrogens is 1. The number of anilines is 1. The van der Waals surface area contributed by atoms with Crippen molar-refractivity contribution < 1.29 is 8.42 Å². The molecule has 3 N–H and O–H groups in total. The number of nitrogen functional groups attached to an aromatic ring is 1. The van der Waals surface area contributed by atoms with E-state index in [9.17, 15) is 8.42 Å². The number of aryl methyl sites for hydroxylation is 1. The summed E-state index contributed by atoms with van der Waals surface area (Å²) >= 11 is 0. The molecule has 5 nitrogen and oxygen atoms in total. The van der Waals surface area contributed by atoms with Crippen LogP contribution in [0.15, 0.2) is 41.6 Å². The summed E-state index contributed by atoms with van der Waals surface area (Å²) in [7, 11) is -3.55. The fraction of sp³-hybridized carbons (Fsp3) is 0.267. The second-order valence-electron chi connectivity index (χ2n) is 4.98. The highest BCUT2D eigenvalue weighted by atomic mass is 32.2. The SMILES string of the molecule is Cc1cc(N)c(C)c(S(=O)(=O)NCCc2ccncc2)c1. The quantitative estimate of drug-likeness (QED) is 0.825. The molecule has 112 valence electrons. The van der Waals surface area contributed by atoms with Gasteiger partial charge < -0.3 is 5.73 Å².